The van der Waals surface area contributed by atoms with Gasteiger partial charge in [0.25, 0.3) is 5.91 Å². The summed E-state index contributed by atoms with van der Waals surface area (Å²) in [6, 6.07) is 14.1. The van der Waals surface area contributed by atoms with Crippen LogP contribution in [0.2, 0.25) is 0 Å². The summed E-state index contributed by atoms with van der Waals surface area (Å²) in [5.41, 5.74) is 7.54. The maximum Gasteiger partial charge on any atom is 0.414 e. The number of aldehydes is 1. The number of carbonyl (C=O) groups is 5. The fourth-order valence-electron chi connectivity index (χ4n) is 5.68. The molecular weight excluding hydrogens is 604 g/mol. The Morgan fingerprint density at radius 2 is 1.77 bits per heavy atom. The molecule has 1 saturated heterocycles. The van der Waals surface area contributed by atoms with Crippen molar-refractivity contribution in [1.29, 1.82) is 0 Å². The number of hydrogen-bond donors (Lipinski definition) is 3. The van der Waals surface area contributed by atoms with Crippen LogP contribution in [0.25, 0.3) is 0 Å². The Hall–Kier alpha value is -4.94. The molecule has 0 aliphatic carbocycles. The molecule has 2 aromatic rings. The van der Waals surface area contributed by atoms with Gasteiger partial charge in [-0.3, -0.25) is 24.8 Å². The summed E-state index contributed by atoms with van der Waals surface area (Å²) < 4.78 is 10.8. The van der Waals surface area contributed by atoms with Gasteiger partial charge in [-0.1, -0.05) is 54.6 Å². The highest BCUT2D eigenvalue weighted by atomic mass is 16.6. The van der Waals surface area contributed by atoms with Gasteiger partial charge in [0.05, 0.1) is 6.04 Å². The highest BCUT2D eigenvalue weighted by molar-refractivity contribution is 5.94. The van der Waals surface area contributed by atoms with Crippen molar-refractivity contribution < 1.29 is 33.4 Å². The lowest BCUT2D eigenvalue weighted by Crippen LogP contribution is -2.54. The largest absolute Gasteiger partial charge is 0.444 e. The Balaban J connectivity index is 1.32. The third kappa shape index (κ3) is 9.77. The van der Waals surface area contributed by atoms with Crippen LogP contribution in [0, 0.1) is 0 Å². The molecule has 0 spiro atoms. The van der Waals surface area contributed by atoms with E-state index in [0.717, 1.165) is 11.1 Å². The Labute approximate surface area is 274 Å². The zero-order valence-electron chi connectivity index (χ0n) is 27.1. The summed E-state index contributed by atoms with van der Waals surface area (Å²) in [6.45, 7) is 6.24. The molecule has 13 heteroatoms. The lowest BCUT2D eigenvalue weighted by Gasteiger charge is -2.39. The van der Waals surface area contributed by atoms with E-state index in [4.69, 9.17) is 15.2 Å². The second-order valence-corrected chi connectivity index (χ2v) is 12.6. The molecule has 0 saturated carbocycles. The number of aliphatic imine (C=N–C) groups is 1. The quantitative estimate of drug-likeness (QED) is 0.152. The second kappa shape index (κ2) is 16.1. The van der Waals surface area contributed by atoms with Gasteiger partial charge in [0, 0.05) is 19.6 Å². The molecule has 0 unspecified atom stereocenters. The normalized spacial score (nSPS) is 18.5. The minimum absolute atomic E-state index is 0.0840. The van der Waals surface area contributed by atoms with Crippen LogP contribution in [-0.4, -0.2) is 83.4 Å². The van der Waals surface area contributed by atoms with E-state index >= 15 is 0 Å². The molecule has 4 amide bonds. The molecule has 2 aromatic carbocycles. The molecule has 47 heavy (non-hydrogen) atoms. The number of ether oxygens (including phenoxy) is 2. The summed E-state index contributed by atoms with van der Waals surface area (Å²) in [4.78, 5) is 71.6. The van der Waals surface area contributed by atoms with E-state index < -0.39 is 41.8 Å². The van der Waals surface area contributed by atoms with Crippen molar-refractivity contribution in [3.05, 3.63) is 71.3 Å². The average Bonchev–Trinajstić information content (AvgIpc) is 3.54. The molecule has 4 N–H and O–H groups in total. The maximum atomic E-state index is 14.1. The molecule has 252 valence electrons. The third-order valence-corrected chi connectivity index (χ3v) is 7.87. The van der Waals surface area contributed by atoms with E-state index in [1.54, 1.807) is 20.8 Å². The van der Waals surface area contributed by atoms with Crippen LogP contribution in [-0.2, 0) is 36.9 Å². The van der Waals surface area contributed by atoms with Crippen LogP contribution in [0.5, 0.6) is 0 Å². The molecule has 2 aliphatic rings. The lowest BCUT2D eigenvalue weighted by molar-refractivity contribution is -0.143. The van der Waals surface area contributed by atoms with Gasteiger partial charge in [0.15, 0.2) is 5.96 Å². The first-order valence-corrected chi connectivity index (χ1v) is 15.9. The Morgan fingerprint density at radius 1 is 1.04 bits per heavy atom. The van der Waals surface area contributed by atoms with E-state index in [1.807, 2.05) is 54.6 Å². The highest BCUT2D eigenvalue weighted by Crippen LogP contribution is 2.34. The third-order valence-electron chi connectivity index (χ3n) is 7.87. The smallest absolute Gasteiger partial charge is 0.414 e. The van der Waals surface area contributed by atoms with Gasteiger partial charge >= 0.3 is 12.2 Å². The molecule has 3 atom stereocenters. The van der Waals surface area contributed by atoms with Gasteiger partial charge in [-0.25, -0.2) is 9.59 Å². The van der Waals surface area contributed by atoms with Crippen molar-refractivity contribution in [3.8, 4) is 0 Å². The van der Waals surface area contributed by atoms with Gasteiger partial charge in [0.2, 0.25) is 5.91 Å². The van der Waals surface area contributed by atoms with Gasteiger partial charge in [0.1, 0.15) is 30.6 Å². The molecule has 2 heterocycles. The number of guanidine groups is 1. The molecule has 0 bridgehead atoms. The van der Waals surface area contributed by atoms with E-state index in [2.05, 4.69) is 15.6 Å². The SMILES string of the molecule is CC(C)(C)OC(=O)N1CCc2ccccc2[C@@H]1C(=O)N1CCC[C@H]1C(=O)N[C@H](C=O)CCCN=C(N)NC(=O)OCc1ccccc1. The predicted octanol–water partition coefficient (Wildman–Crippen LogP) is 3.22. The molecular formula is C34H44N6O7. The van der Waals surface area contributed by atoms with Crippen LogP contribution in [0.1, 0.15) is 69.2 Å². The molecule has 2 aliphatic heterocycles. The van der Waals surface area contributed by atoms with Crippen molar-refractivity contribution in [1.82, 2.24) is 20.4 Å². The topological polar surface area (TPSA) is 173 Å². The van der Waals surface area contributed by atoms with E-state index in [9.17, 15) is 24.0 Å². The van der Waals surface area contributed by atoms with Gasteiger partial charge in [-0.05, 0) is 69.6 Å². The number of nitrogens with zero attached hydrogens (tertiary/aromatic N) is 3. The van der Waals surface area contributed by atoms with E-state index in [-0.39, 0.29) is 31.4 Å². The first kappa shape index (κ1) is 34.9. The number of nitrogens with one attached hydrogen (secondary N) is 2. The van der Waals surface area contributed by atoms with Crippen molar-refractivity contribution >= 4 is 36.2 Å². The fourth-order valence-corrected chi connectivity index (χ4v) is 5.68. The summed E-state index contributed by atoms with van der Waals surface area (Å²) in [7, 11) is 0. The average molecular weight is 649 g/mol. The monoisotopic (exact) mass is 648 g/mol. The number of benzene rings is 2. The lowest BCUT2D eigenvalue weighted by atomic mass is 9.91. The molecule has 1 fully saturated rings. The summed E-state index contributed by atoms with van der Waals surface area (Å²) in [5, 5.41) is 5.11. The van der Waals surface area contributed by atoms with Gasteiger partial charge in [-0.2, -0.15) is 0 Å². The number of hydrogen-bond acceptors (Lipinski definition) is 8. The first-order chi connectivity index (χ1) is 22.5. The van der Waals surface area contributed by atoms with Crippen molar-refractivity contribution in [3.63, 3.8) is 0 Å². The van der Waals surface area contributed by atoms with Crippen molar-refractivity contribution in [2.24, 2.45) is 10.7 Å². The first-order valence-electron chi connectivity index (χ1n) is 15.9. The number of nitrogens with two attached hydrogens (primary N) is 1. The van der Waals surface area contributed by atoms with Crippen LogP contribution < -0.4 is 16.4 Å². The standard InChI is InChI=1S/C34H44N6O7/c1-34(2,3)47-33(45)40-20-17-24-13-7-8-15-26(24)28(40)30(43)39-19-10-16-27(39)29(42)37-25(21-41)14-9-18-36-31(35)38-32(44)46-22-23-11-5-4-6-12-23/h4-8,11-13,15,21,25,27-28H,9-10,14,16-20,22H2,1-3H3,(H,37,42)(H3,35,36,38,44)/t25-,27-,28+/m0/s1. The zero-order valence-corrected chi connectivity index (χ0v) is 27.1. The van der Waals surface area contributed by atoms with Crippen LogP contribution in [0.3, 0.4) is 0 Å². The molecule has 4 rings (SSSR count). The predicted molar refractivity (Wildman–Crippen MR) is 174 cm³/mol. The van der Waals surface area contributed by atoms with Crippen LogP contribution >= 0.6 is 0 Å². The van der Waals surface area contributed by atoms with Gasteiger partial charge < -0.3 is 30.2 Å². The minimum Gasteiger partial charge on any atom is -0.444 e. The molecule has 13 nitrogen and oxygen atoms in total. The number of likely N-dealkylation sites (tertiary alicyclic amines) is 1. The van der Waals surface area contributed by atoms with Gasteiger partial charge in [-0.15, -0.1) is 0 Å². The molecule has 0 radical (unpaired) electrons. The summed E-state index contributed by atoms with van der Waals surface area (Å²) in [6.07, 6.45) is 1.59. The van der Waals surface area contributed by atoms with E-state index in [1.165, 1.54) is 9.80 Å². The number of alkyl carbamates (subject to hydrolysis) is 1. The summed E-state index contributed by atoms with van der Waals surface area (Å²) >= 11 is 0. The highest BCUT2D eigenvalue weighted by Gasteiger charge is 2.44. The van der Waals surface area contributed by atoms with Crippen LogP contribution in [0.4, 0.5) is 9.59 Å². The summed E-state index contributed by atoms with van der Waals surface area (Å²) in [5.74, 6) is -0.922. The van der Waals surface area contributed by atoms with Crippen molar-refractivity contribution in [2.75, 3.05) is 19.6 Å². The zero-order chi connectivity index (χ0) is 34.0. The Morgan fingerprint density at radius 3 is 2.49 bits per heavy atom. The number of carbonyl (C=O) groups excluding carboxylic acids is 5. The number of amides is 4. The maximum absolute atomic E-state index is 14.1. The second-order valence-electron chi connectivity index (χ2n) is 12.6. The van der Waals surface area contributed by atoms with E-state index in [0.29, 0.717) is 50.6 Å². The number of rotatable bonds is 10. The van der Waals surface area contributed by atoms with Crippen LogP contribution in [0.15, 0.2) is 59.6 Å². The fraction of sp³-hybridized carbons (Fsp3) is 0.471. The Kier molecular flexibility index (Phi) is 11.9. The Bertz CT molecular complexity index is 1460. The number of fused-ring (bicyclic) bond motifs is 1. The molecule has 0 aromatic heterocycles. The minimum atomic E-state index is -0.933. The van der Waals surface area contributed by atoms with Crippen molar-refractivity contribution in [2.45, 2.75) is 83.2 Å².